The van der Waals surface area contributed by atoms with Crippen LogP contribution in [0.3, 0.4) is 0 Å². The summed E-state index contributed by atoms with van der Waals surface area (Å²) >= 11 is 0. The van der Waals surface area contributed by atoms with E-state index in [1.54, 1.807) is 24.3 Å². The fourth-order valence-corrected chi connectivity index (χ4v) is 2.88. The molecule has 0 aromatic heterocycles. The first-order chi connectivity index (χ1) is 12.6. The maximum atomic E-state index is 12.3. The van der Waals surface area contributed by atoms with Crippen molar-refractivity contribution in [1.82, 2.24) is 4.90 Å². The SMILES string of the molecule is O=C(CC(=O)N1CCCCC1=O)c1ccc(OCc2ccccc2)cc1. The summed E-state index contributed by atoms with van der Waals surface area (Å²) in [5, 5.41) is 0. The standard InChI is InChI=1S/C21H21NO4/c23-19(14-21(25)22-13-5-4-8-20(22)24)17-9-11-18(12-10-17)26-15-16-6-2-1-3-7-16/h1-3,6-7,9-12H,4-5,8,13-15H2. The molecule has 3 rings (SSSR count). The van der Waals surface area contributed by atoms with E-state index in [-0.39, 0.29) is 18.1 Å². The molecule has 0 radical (unpaired) electrons. The van der Waals surface area contributed by atoms with E-state index >= 15 is 0 Å². The second-order valence-corrected chi connectivity index (χ2v) is 6.29. The van der Waals surface area contributed by atoms with E-state index in [9.17, 15) is 14.4 Å². The Kier molecular flexibility index (Phi) is 5.79. The van der Waals surface area contributed by atoms with Gasteiger partial charge in [-0.1, -0.05) is 30.3 Å². The Morgan fingerprint density at radius 2 is 1.69 bits per heavy atom. The molecule has 2 aromatic carbocycles. The second-order valence-electron chi connectivity index (χ2n) is 6.29. The largest absolute Gasteiger partial charge is 0.489 e. The zero-order valence-electron chi connectivity index (χ0n) is 14.5. The number of piperidine rings is 1. The molecule has 0 spiro atoms. The first-order valence-corrected chi connectivity index (χ1v) is 8.76. The van der Waals surface area contributed by atoms with Crippen LogP contribution >= 0.6 is 0 Å². The van der Waals surface area contributed by atoms with E-state index in [2.05, 4.69) is 0 Å². The minimum Gasteiger partial charge on any atom is -0.489 e. The smallest absolute Gasteiger partial charge is 0.236 e. The van der Waals surface area contributed by atoms with Crippen LogP contribution in [0.4, 0.5) is 0 Å². The predicted molar refractivity (Wildman–Crippen MR) is 96.7 cm³/mol. The predicted octanol–water partition coefficient (Wildman–Crippen LogP) is 3.38. The van der Waals surface area contributed by atoms with Crippen molar-refractivity contribution in [2.24, 2.45) is 0 Å². The van der Waals surface area contributed by atoms with E-state index in [0.29, 0.717) is 30.9 Å². The number of rotatable bonds is 6. The fraction of sp³-hybridized carbons (Fsp3) is 0.286. The molecule has 1 aliphatic heterocycles. The third kappa shape index (κ3) is 4.57. The molecule has 5 nitrogen and oxygen atoms in total. The van der Waals surface area contributed by atoms with Crippen LogP contribution in [-0.4, -0.2) is 29.0 Å². The number of hydrogen-bond acceptors (Lipinski definition) is 4. The fourth-order valence-electron chi connectivity index (χ4n) is 2.88. The topological polar surface area (TPSA) is 63.7 Å². The van der Waals surface area contributed by atoms with Gasteiger partial charge in [-0.25, -0.2) is 0 Å². The molecule has 26 heavy (non-hydrogen) atoms. The van der Waals surface area contributed by atoms with Gasteiger partial charge in [0.2, 0.25) is 11.8 Å². The van der Waals surface area contributed by atoms with Gasteiger partial charge in [-0.2, -0.15) is 0 Å². The van der Waals surface area contributed by atoms with Crippen molar-refractivity contribution in [2.45, 2.75) is 32.3 Å². The van der Waals surface area contributed by atoms with E-state index in [4.69, 9.17) is 4.74 Å². The Labute approximate surface area is 152 Å². The molecule has 0 bridgehead atoms. The molecule has 0 aliphatic carbocycles. The molecule has 1 heterocycles. The lowest BCUT2D eigenvalue weighted by atomic mass is 10.1. The maximum absolute atomic E-state index is 12.3. The molecular formula is C21H21NO4. The van der Waals surface area contributed by atoms with Crippen LogP contribution in [0.25, 0.3) is 0 Å². The summed E-state index contributed by atoms with van der Waals surface area (Å²) in [7, 11) is 0. The number of ketones is 1. The molecule has 2 aromatic rings. The van der Waals surface area contributed by atoms with Gasteiger partial charge in [-0.05, 0) is 42.7 Å². The maximum Gasteiger partial charge on any atom is 0.236 e. The lowest BCUT2D eigenvalue weighted by Gasteiger charge is -2.24. The molecule has 1 aliphatic rings. The summed E-state index contributed by atoms with van der Waals surface area (Å²) in [5.41, 5.74) is 1.50. The van der Waals surface area contributed by atoms with Gasteiger partial charge in [0.15, 0.2) is 5.78 Å². The molecule has 1 fully saturated rings. The molecule has 2 amide bonds. The zero-order valence-corrected chi connectivity index (χ0v) is 14.5. The zero-order chi connectivity index (χ0) is 18.4. The van der Waals surface area contributed by atoms with Crippen LogP contribution in [0.1, 0.15) is 41.6 Å². The number of benzene rings is 2. The summed E-state index contributed by atoms with van der Waals surface area (Å²) in [6.45, 7) is 0.862. The highest BCUT2D eigenvalue weighted by atomic mass is 16.5. The van der Waals surface area contributed by atoms with Crippen molar-refractivity contribution in [3.05, 3.63) is 65.7 Å². The highest BCUT2D eigenvalue weighted by molar-refractivity contribution is 6.10. The van der Waals surface area contributed by atoms with Gasteiger partial charge in [-0.15, -0.1) is 0 Å². The van der Waals surface area contributed by atoms with Crippen LogP contribution in [0, 0.1) is 0 Å². The first kappa shape index (κ1) is 17.9. The summed E-state index contributed by atoms with van der Waals surface area (Å²) in [5.74, 6) is -0.228. The number of nitrogens with zero attached hydrogens (tertiary/aromatic N) is 1. The third-order valence-corrected chi connectivity index (χ3v) is 4.36. The minimum absolute atomic E-state index is 0.182. The Morgan fingerprint density at radius 1 is 0.962 bits per heavy atom. The van der Waals surface area contributed by atoms with Gasteiger partial charge >= 0.3 is 0 Å². The normalized spacial score (nSPS) is 14.2. The lowest BCUT2D eigenvalue weighted by molar-refractivity contribution is -0.145. The molecule has 1 saturated heterocycles. The lowest BCUT2D eigenvalue weighted by Crippen LogP contribution is -2.41. The number of amides is 2. The molecule has 5 heteroatoms. The van der Waals surface area contributed by atoms with Crippen molar-refractivity contribution in [3.63, 3.8) is 0 Å². The van der Waals surface area contributed by atoms with Gasteiger partial charge in [-0.3, -0.25) is 19.3 Å². The van der Waals surface area contributed by atoms with Crippen LogP contribution < -0.4 is 4.74 Å². The number of Topliss-reactive ketones (excluding diaryl/α,β-unsaturated/α-hetero) is 1. The van der Waals surface area contributed by atoms with Crippen LogP contribution in [-0.2, 0) is 16.2 Å². The van der Waals surface area contributed by atoms with E-state index in [1.165, 1.54) is 4.90 Å². The molecule has 134 valence electrons. The van der Waals surface area contributed by atoms with Gasteiger partial charge < -0.3 is 4.74 Å². The number of imide groups is 1. The van der Waals surface area contributed by atoms with Gasteiger partial charge in [0, 0.05) is 18.5 Å². The van der Waals surface area contributed by atoms with Crippen molar-refractivity contribution in [2.75, 3.05) is 6.54 Å². The van der Waals surface area contributed by atoms with E-state index in [0.717, 1.165) is 18.4 Å². The Morgan fingerprint density at radius 3 is 2.38 bits per heavy atom. The van der Waals surface area contributed by atoms with Gasteiger partial charge in [0.1, 0.15) is 12.4 Å². The average molecular weight is 351 g/mol. The van der Waals surface area contributed by atoms with Crippen LogP contribution in [0.5, 0.6) is 5.75 Å². The van der Waals surface area contributed by atoms with Crippen molar-refractivity contribution >= 4 is 17.6 Å². The third-order valence-electron chi connectivity index (χ3n) is 4.36. The molecule has 0 saturated carbocycles. The van der Waals surface area contributed by atoms with Gasteiger partial charge in [0.25, 0.3) is 0 Å². The first-order valence-electron chi connectivity index (χ1n) is 8.76. The number of likely N-dealkylation sites (tertiary alicyclic amines) is 1. The summed E-state index contributed by atoms with van der Waals surface area (Å²) in [6, 6.07) is 16.5. The summed E-state index contributed by atoms with van der Waals surface area (Å²) < 4.78 is 5.69. The Hall–Kier alpha value is -2.95. The van der Waals surface area contributed by atoms with E-state index < -0.39 is 5.91 Å². The van der Waals surface area contributed by atoms with Crippen molar-refractivity contribution < 1.29 is 19.1 Å². The van der Waals surface area contributed by atoms with Gasteiger partial charge in [0.05, 0.1) is 6.42 Å². The van der Waals surface area contributed by atoms with E-state index in [1.807, 2.05) is 30.3 Å². The highest BCUT2D eigenvalue weighted by Gasteiger charge is 2.26. The van der Waals surface area contributed by atoms with Crippen LogP contribution in [0.2, 0.25) is 0 Å². The molecule has 0 N–H and O–H groups in total. The monoisotopic (exact) mass is 351 g/mol. The minimum atomic E-state index is -0.413. The Bertz CT molecular complexity index is 783. The molecular weight excluding hydrogens is 330 g/mol. The number of hydrogen-bond donors (Lipinski definition) is 0. The average Bonchev–Trinajstić information content (AvgIpc) is 2.68. The number of ether oxygens (including phenoxy) is 1. The highest BCUT2D eigenvalue weighted by Crippen LogP contribution is 2.17. The number of carbonyl (C=O) groups excluding carboxylic acids is 3. The summed E-state index contributed by atoms with van der Waals surface area (Å²) in [4.78, 5) is 37.4. The number of carbonyl (C=O) groups is 3. The van der Waals surface area contributed by atoms with Crippen LogP contribution in [0.15, 0.2) is 54.6 Å². The molecule has 0 unspecified atom stereocenters. The molecule has 0 atom stereocenters. The second kappa shape index (κ2) is 8.43. The quantitative estimate of drug-likeness (QED) is 0.591. The summed E-state index contributed by atoms with van der Waals surface area (Å²) in [6.07, 6.45) is 1.71. The van der Waals surface area contributed by atoms with Crippen molar-refractivity contribution in [3.8, 4) is 5.75 Å². The Balaban J connectivity index is 1.55. The van der Waals surface area contributed by atoms with Crippen molar-refractivity contribution in [1.29, 1.82) is 0 Å².